The average Bonchev–Trinajstić information content (AvgIpc) is 2.90. The molecule has 2 aromatic rings. The Morgan fingerprint density at radius 2 is 2.11 bits per heavy atom. The van der Waals surface area contributed by atoms with Crippen molar-refractivity contribution in [1.82, 2.24) is 0 Å². The number of amides is 1. The van der Waals surface area contributed by atoms with Crippen molar-refractivity contribution in [3.8, 4) is 0 Å². The van der Waals surface area contributed by atoms with Crippen LogP contribution in [0, 0.1) is 0 Å². The van der Waals surface area contributed by atoms with Crippen LogP contribution in [0.3, 0.4) is 0 Å². The van der Waals surface area contributed by atoms with Crippen LogP contribution in [-0.2, 0) is 4.79 Å². The Hall–Kier alpha value is -1.79. The van der Waals surface area contributed by atoms with Crippen LogP contribution in [0.1, 0.15) is 10.4 Å². The van der Waals surface area contributed by atoms with E-state index in [1.54, 1.807) is 23.5 Å². The molecule has 0 radical (unpaired) electrons. The highest BCUT2D eigenvalue weighted by molar-refractivity contribution is 8.01. The first-order chi connectivity index (χ1) is 9.15. The number of anilines is 1. The minimum Gasteiger partial charge on any atom is -0.478 e. The van der Waals surface area contributed by atoms with Gasteiger partial charge in [-0.1, -0.05) is 12.1 Å². The molecule has 1 amide bonds. The summed E-state index contributed by atoms with van der Waals surface area (Å²) in [5.41, 5.74) is 0.653. The van der Waals surface area contributed by atoms with Crippen molar-refractivity contribution in [3.05, 3.63) is 47.3 Å². The van der Waals surface area contributed by atoms with E-state index < -0.39 is 5.97 Å². The molecule has 1 aromatic heterocycles. The third-order valence-corrected chi connectivity index (χ3v) is 4.36. The zero-order valence-electron chi connectivity index (χ0n) is 9.83. The van der Waals surface area contributed by atoms with Crippen molar-refractivity contribution >= 4 is 40.7 Å². The molecule has 2 N–H and O–H groups in total. The van der Waals surface area contributed by atoms with E-state index in [1.807, 2.05) is 17.5 Å². The first-order valence-corrected chi connectivity index (χ1v) is 7.31. The van der Waals surface area contributed by atoms with E-state index in [4.69, 9.17) is 5.11 Å². The number of aromatic carboxylic acids is 1. The minimum absolute atomic E-state index is 0.152. The number of hydrogen-bond acceptors (Lipinski definition) is 4. The molecule has 0 atom stereocenters. The van der Waals surface area contributed by atoms with Crippen LogP contribution in [-0.4, -0.2) is 22.7 Å². The maximum atomic E-state index is 11.7. The maximum Gasteiger partial charge on any atom is 0.335 e. The molecule has 1 heterocycles. The normalized spacial score (nSPS) is 10.1. The molecule has 0 spiro atoms. The molecule has 4 nitrogen and oxygen atoms in total. The number of benzene rings is 1. The first kappa shape index (κ1) is 13.6. The number of rotatable bonds is 5. The van der Waals surface area contributed by atoms with Crippen molar-refractivity contribution in [2.75, 3.05) is 11.1 Å². The van der Waals surface area contributed by atoms with Crippen molar-refractivity contribution in [3.63, 3.8) is 0 Å². The van der Waals surface area contributed by atoms with Crippen LogP contribution in [0.2, 0.25) is 0 Å². The molecule has 6 heteroatoms. The molecule has 2 rings (SSSR count). The van der Waals surface area contributed by atoms with Crippen LogP contribution in [0.4, 0.5) is 5.69 Å². The van der Waals surface area contributed by atoms with Crippen LogP contribution >= 0.6 is 23.1 Å². The Morgan fingerprint density at radius 1 is 1.26 bits per heavy atom. The predicted octanol–water partition coefficient (Wildman–Crippen LogP) is 3.18. The van der Waals surface area contributed by atoms with Crippen molar-refractivity contribution in [1.29, 1.82) is 0 Å². The maximum absolute atomic E-state index is 11.7. The lowest BCUT2D eigenvalue weighted by Gasteiger charge is -2.05. The smallest absolute Gasteiger partial charge is 0.335 e. The number of carboxylic acids is 1. The second kappa shape index (κ2) is 6.40. The highest BCUT2D eigenvalue weighted by atomic mass is 32.2. The standard InChI is InChI=1S/C13H11NO3S2/c15-11(8-19-12-5-2-6-18-12)14-10-4-1-3-9(7-10)13(16)17/h1-7H,8H2,(H,14,15)(H,16,17). The van der Waals surface area contributed by atoms with E-state index in [-0.39, 0.29) is 11.5 Å². The van der Waals surface area contributed by atoms with Gasteiger partial charge in [-0.2, -0.15) is 0 Å². The Morgan fingerprint density at radius 3 is 2.79 bits per heavy atom. The van der Waals surface area contributed by atoms with Gasteiger partial charge in [0.25, 0.3) is 0 Å². The lowest BCUT2D eigenvalue weighted by molar-refractivity contribution is -0.113. The highest BCUT2D eigenvalue weighted by Gasteiger charge is 2.07. The molecule has 0 aliphatic heterocycles. The van der Waals surface area contributed by atoms with E-state index in [2.05, 4.69) is 5.32 Å². The second-order valence-corrected chi connectivity index (χ2v) is 5.88. The summed E-state index contributed by atoms with van der Waals surface area (Å²) in [5.74, 6) is -0.859. The van der Waals surface area contributed by atoms with E-state index in [0.29, 0.717) is 11.4 Å². The average molecular weight is 293 g/mol. The lowest BCUT2D eigenvalue weighted by Crippen LogP contribution is -2.14. The third-order valence-electron chi connectivity index (χ3n) is 2.23. The number of carbonyl (C=O) groups excluding carboxylic acids is 1. The minimum atomic E-state index is -1.01. The molecule has 0 saturated carbocycles. The quantitative estimate of drug-likeness (QED) is 0.831. The van der Waals surface area contributed by atoms with Crippen LogP contribution < -0.4 is 5.32 Å². The van der Waals surface area contributed by atoms with Crippen LogP contribution in [0.25, 0.3) is 0 Å². The van der Waals surface area contributed by atoms with Gasteiger partial charge in [0.15, 0.2) is 0 Å². The zero-order chi connectivity index (χ0) is 13.7. The fourth-order valence-electron chi connectivity index (χ4n) is 1.41. The molecule has 19 heavy (non-hydrogen) atoms. The van der Waals surface area contributed by atoms with Gasteiger partial charge in [-0.25, -0.2) is 4.79 Å². The number of thiophene rings is 1. The summed E-state index contributed by atoms with van der Waals surface area (Å²) in [5, 5.41) is 13.5. The topological polar surface area (TPSA) is 66.4 Å². The summed E-state index contributed by atoms with van der Waals surface area (Å²) >= 11 is 3.04. The van der Waals surface area contributed by atoms with E-state index >= 15 is 0 Å². The largest absolute Gasteiger partial charge is 0.478 e. The molecule has 0 saturated heterocycles. The number of nitrogens with one attached hydrogen (secondary N) is 1. The second-order valence-electron chi connectivity index (χ2n) is 3.65. The molecule has 0 aliphatic rings. The van der Waals surface area contributed by atoms with Gasteiger partial charge in [-0.3, -0.25) is 4.79 Å². The van der Waals surface area contributed by atoms with Crippen molar-refractivity contribution in [2.45, 2.75) is 4.21 Å². The molecular weight excluding hydrogens is 282 g/mol. The number of thioether (sulfide) groups is 1. The Bertz CT molecular complexity index is 581. The molecular formula is C13H11NO3S2. The van der Waals surface area contributed by atoms with Gasteiger partial charge < -0.3 is 10.4 Å². The van der Waals surface area contributed by atoms with Gasteiger partial charge in [0.05, 0.1) is 15.5 Å². The fraction of sp³-hybridized carbons (Fsp3) is 0.0769. The Kier molecular flexibility index (Phi) is 4.59. The summed E-state index contributed by atoms with van der Waals surface area (Å²) in [7, 11) is 0. The monoisotopic (exact) mass is 293 g/mol. The lowest BCUT2D eigenvalue weighted by atomic mass is 10.2. The van der Waals surface area contributed by atoms with Crippen LogP contribution in [0.15, 0.2) is 46.0 Å². The summed E-state index contributed by atoms with van der Waals surface area (Å²) in [4.78, 5) is 22.5. The molecule has 0 bridgehead atoms. The third kappa shape index (κ3) is 4.11. The summed E-state index contributed by atoms with van der Waals surface area (Å²) in [6.45, 7) is 0. The van der Waals surface area contributed by atoms with Gasteiger partial charge >= 0.3 is 5.97 Å². The van der Waals surface area contributed by atoms with E-state index in [9.17, 15) is 9.59 Å². The number of carbonyl (C=O) groups is 2. The predicted molar refractivity (Wildman–Crippen MR) is 77.1 cm³/mol. The molecule has 0 aliphatic carbocycles. The molecule has 1 aromatic carbocycles. The first-order valence-electron chi connectivity index (χ1n) is 5.44. The highest BCUT2D eigenvalue weighted by Crippen LogP contribution is 2.23. The summed E-state index contributed by atoms with van der Waals surface area (Å²) in [6.07, 6.45) is 0. The van der Waals surface area contributed by atoms with Crippen LogP contribution in [0.5, 0.6) is 0 Å². The van der Waals surface area contributed by atoms with Crippen molar-refractivity contribution < 1.29 is 14.7 Å². The van der Waals surface area contributed by atoms with E-state index in [1.165, 1.54) is 23.9 Å². The Labute approximate surface area is 118 Å². The van der Waals surface area contributed by atoms with Gasteiger partial charge in [0, 0.05) is 5.69 Å². The molecule has 0 fully saturated rings. The molecule has 0 unspecified atom stereocenters. The van der Waals surface area contributed by atoms with Gasteiger partial charge in [0.2, 0.25) is 5.91 Å². The van der Waals surface area contributed by atoms with Gasteiger partial charge in [0.1, 0.15) is 0 Å². The molecule has 98 valence electrons. The van der Waals surface area contributed by atoms with Gasteiger partial charge in [-0.15, -0.1) is 23.1 Å². The number of hydrogen-bond donors (Lipinski definition) is 2. The number of carboxylic acid groups (broad SMARTS) is 1. The van der Waals surface area contributed by atoms with E-state index in [0.717, 1.165) is 4.21 Å². The van der Waals surface area contributed by atoms with Crippen molar-refractivity contribution in [2.24, 2.45) is 0 Å². The zero-order valence-corrected chi connectivity index (χ0v) is 11.5. The SMILES string of the molecule is O=C(CSc1cccs1)Nc1cccc(C(=O)O)c1. The fourth-order valence-corrected chi connectivity index (χ4v) is 2.99. The summed E-state index contributed by atoms with van der Waals surface area (Å²) in [6, 6.07) is 10.1. The van der Waals surface area contributed by atoms with Gasteiger partial charge in [-0.05, 0) is 29.6 Å². The Balaban J connectivity index is 1.91. The summed E-state index contributed by atoms with van der Waals surface area (Å²) < 4.78 is 1.08.